The summed E-state index contributed by atoms with van der Waals surface area (Å²) in [6.07, 6.45) is 2.59. The lowest BCUT2D eigenvalue weighted by Crippen LogP contribution is -2.24. The van der Waals surface area contributed by atoms with Crippen LogP contribution in [0.2, 0.25) is 0 Å². The van der Waals surface area contributed by atoms with Gasteiger partial charge < -0.3 is 5.32 Å². The summed E-state index contributed by atoms with van der Waals surface area (Å²) in [5.74, 6) is 0.775. The quantitative estimate of drug-likeness (QED) is 0.760. The lowest BCUT2D eigenvalue weighted by molar-refractivity contribution is 0.444. The Hall–Kier alpha value is -0.820. The second kappa shape index (κ2) is 6.70. The highest BCUT2D eigenvalue weighted by Gasteiger charge is 2.06. The maximum Gasteiger partial charge on any atom is 0.0291 e. The first-order valence-electron chi connectivity index (χ1n) is 6.43. The molecule has 1 aromatic rings. The van der Waals surface area contributed by atoms with Gasteiger partial charge in [0.2, 0.25) is 0 Å². The number of hydrogen-bond donors (Lipinski definition) is 1. The highest BCUT2D eigenvalue weighted by molar-refractivity contribution is 5.24. The molecule has 1 nitrogen and oxygen atoms in total. The summed E-state index contributed by atoms with van der Waals surface area (Å²) in [5, 5.41) is 3.61. The Morgan fingerprint density at radius 2 is 2.00 bits per heavy atom. The van der Waals surface area contributed by atoms with Crippen molar-refractivity contribution in [3.05, 3.63) is 35.4 Å². The fourth-order valence-electron chi connectivity index (χ4n) is 2.03. The number of hydrogen-bond acceptors (Lipinski definition) is 1. The van der Waals surface area contributed by atoms with Crippen LogP contribution in [0.1, 0.15) is 50.8 Å². The Balaban J connectivity index is 2.43. The fourth-order valence-corrected chi connectivity index (χ4v) is 2.03. The van der Waals surface area contributed by atoms with Crippen molar-refractivity contribution in [2.75, 3.05) is 6.54 Å². The van der Waals surface area contributed by atoms with E-state index < -0.39 is 0 Å². The van der Waals surface area contributed by atoms with Gasteiger partial charge in [-0.05, 0) is 38.3 Å². The highest BCUT2D eigenvalue weighted by Crippen LogP contribution is 2.14. The van der Waals surface area contributed by atoms with E-state index in [2.05, 4.69) is 57.3 Å². The zero-order valence-electron chi connectivity index (χ0n) is 11.1. The van der Waals surface area contributed by atoms with Crippen molar-refractivity contribution in [1.82, 2.24) is 5.32 Å². The maximum atomic E-state index is 3.61. The van der Waals surface area contributed by atoms with E-state index in [1.807, 2.05) is 0 Å². The van der Waals surface area contributed by atoms with Crippen LogP contribution in [-0.4, -0.2) is 6.54 Å². The van der Waals surface area contributed by atoms with Crippen LogP contribution in [0.25, 0.3) is 0 Å². The zero-order valence-corrected chi connectivity index (χ0v) is 11.1. The van der Waals surface area contributed by atoms with Crippen LogP contribution >= 0.6 is 0 Å². The van der Waals surface area contributed by atoms with Crippen LogP contribution < -0.4 is 5.32 Å². The van der Waals surface area contributed by atoms with Crippen molar-refractivity contribution in [2.45, 2.75) is 46.6 Å². The van der Waals surface area contributed by atoms with Gasteiger partial charge >= 0.3 is 0 Å². The minimum Gasteiger partial charge on any atom is -0.310 e. The average molecular weight is 219 g/mol. The molecule has 1 rings (SSSR count). The lowest BCUT2D eigenvalue weighted by atomic mass is 10.0. The Kier molecular flexibility index (Phi) is 5.54. The van der Waals surface area contributed by atoms with E-state index in [-0.39, 0.29) is 0 Å². The van der Waals surface area contributed by atoms with Crippen LogP contribution in [-0.2, 0) is 0 Å². The third-order valence-electron chi connectivity index (χ3n) is 3.10. The van der Waals surface area contributed by atoms with E-state index in [1.165, 1.54) is 24.0 Å². The Bertz CT molecular complexity index is 306. The number of rotatable bonds is 6. The summed E-state index contributed by atoms with van der Waals surface area (Å²) in [6, 6.07) is 9.21. The molecule has 1 N–H and O–H groups in total. The molecule has 2 atom stereocenters. The number of nitrogens with one attached hydrogen (secondary N) is 1. The molecule has 90 valence electrons. The highest BCUT2D eigenvalue weighted by atomic mass is 14.9. The molecule has 0 radical (unpaired) electrons. The van der Waals surface area contributed by atoms with E-state index in [1.54, 1.807) is 0 Å². The molecule has 0 heterocycles. The van der Waals surface area contributed by atoms with E-state index >= 15 is 0 Å². The van der Waals surface area contributed by atoms with E-state index in [9.17, 15) is 0 Å². The molecule has 1 aromatic carbocycles. The molecule has 1 unspecified atom stereocenters. The molecule has 0 aromatic heterocycles. The van der Waals surface area contributed by atoms with Gasteiger partial charge in [0.15, 0.2) is 0 Å². The minimum absolute atomic E-state index is 0.458. The SMILES string of the molecule is CCCC(C)CN[C@H](C)c1cccc(C)c1. The number of benzene rings is 1. The molecular weight excluding hydrogens is 194 g/mol. The summed E-state index contributed by atoms with van der Waals surface area (Å²) in [5.41, 5.74) is 2.73. The van der Waals surface area contributed by atoms with Gasteiger partial charge in [-0.3, -0.25) is 0 Å². The molecule has 0 saturated heterocycles. The van der Waals surface area contributed by atoms with Crippen LogP contribution in [0.15, 0.2) is 24.3 Å². The first kappa shape index (κ1) is 13.2. The van der Waals surface area contributed by atoms with Gasteiger partial charge in [0.25, 0.3) is 0 Å². The molecule has 1 heteroatoms. The van der Waals surface area contributed by atoms with Crippen molar-refractivity contribution < 1.29 is 0 Å². The van der Waals surface area contributed by atoms with Gasteiger partial charge in [0, 0.05) is 6.04 Å². The van der Waals surface area contributed by atoms with E-state index in [0.29, 0.717) is 6.04 Å². The Morgan fingerprint density at radius 1 is 1.25 bits per heavy atom. The molecule has 0 bridgehead atoms. The van der Waals surface area contributed by atoms with Gasteiger partial charge in [-0.2, -0.15) is 0 Å². The zero-order chi connectivity index (χ0) is 12.0. The Labute approximate surface area is 100 Å². The smallest absolute Gasteiger partial charge is 0.0291 e. The first-order valence-corrected chi connectivity index (χ1v) is 6.43. The van der Waals surface area contributed by atoms with Crippen molar-refractivity contribution in [1.29, 1.82) is 0 Å². The van der Waals surface area contributed by atoms with Crippen molar-refractivity contribution in [3.63, 3.8) is 0 Å². The van der Waals surface area contributed by atoms with Gasteiger partial charge in [0.1, 0.15) is 0 Å². The largest absolute Gasteiger partial charge is 0.310 e. The summed E-state index contributed by atoms with van der Waals surface area (Å²) in [7, 11) is 0. The van der Waals surface area contributed by atoms with E-state index in [0.717, 1.165) is 12.5 Å². The molecule has 0 amide bonds. The average Bonchev–Trinajstić information content (AvgIpc) is 2.26. The van der Waals surface area contributed by atoms with Crippen LogP contribution in [0.3, 0.4) is 0 Å². The summed E-state index contributed by atoms with van der Waals surface area (Å²) < 4.78 is 0. The minimum atomic E-state index is 0.458. The summed E-state index contributed by atoms with van der Waals surface area (Å²) in [4.78, 5) is 0. The number of aryl methyl sites for hydroxylation is 1. The predicted molar refractivity (Wildman–Crippen MR) is 71.7 cm³/mol. The maximum absolute atomic E-state index is 3.61. The first-order chi connectivity index (χ1) is 7.63. The molecule has 0 saturated carbocycles. The van der Waals surface area contributed by atoms with Crippen LogP contribution in [0.4, 0.5) is 0 Å². The second-order valence-electron chi connectivity index (χ2n) is 4.94. The van der Waals surface area contributed by atoms with Crippen molar-refractivity contribution in [3.8, 4) is 0 Å². The van der Waals surface area contributed by atoms with E-state index in [4.69, 9.17) is 0 Å². The van der Waals surface area contributed by atoms with Crippen molar-refractivity contribution in [2.24, 2.45) is 5.92 Å². The third kappa shape index (κ3) is 4.36. The predicted octanol–water partition coefficient (Wildman–Crippen LogP) is 4.08. The van der Waals surface area contributed by atoms with Crippen LogP contribution in [0.5, 0.6) is 0 Å². The molecule has 0 aliphatic heterocycles. The topological polar surface area (TPSA) is 12.0 Å². The summed E-state index contributed by atoms with van der Waals surface area (Å²) >= 11 is 0. The molecular formula is C15H25N. The molecule has 0 aliphatic carbocycles. The molecule has 0 aliphatic rings. The van der Waals surface area contributed by atoms with Crippen LogP contribution in [0, 0.1) is 12.8 Å². The monoisotopic (exact) mass is 219 g/mol. The van der Waals surface area contributed by atoms with Gasteiger partial charge in [-0.15, -0.1) is 0 Å². The fraction of sp³-hybridized carbons (Fsp3) is 0.600. The molecule has 16 heavy (non-hydrogen) atoms. The van der Waals surface area contributed by atoms with Gasteiger partial charge in [0.05, 0.1) is 0 Å². The Morgan fingerprint density at radius 3 is 2.62 bits per heavy atom. The molecule has 0 fully saturated rings. The van der Waals surface area contributed by atoms with Gasteiger partial charge in [-0.25, -0.2) is 0 Å². The molecule has 0 spiro atoms. The normalized spacial score (nSPS) is 14.8. The third-order valence-corrected chi connectivity index (χ3v) is 3.10. The lowest BCUT2D eigenvalue weighted by Gasteiger charge is -2.18. The van der Waals surface area contributed by atoms with Gasteiger partial charge in [-0.1, -0.05) is 50.1 Å². The van der Waals surface area contributed by atoms with Crippen molar-refractivity contribution >= 4 is 0 Å². The summed E-state index contributed by atoms with van der Waals surface area (Å²) in [6.45, 7) is 10.1. The second-order valence-corrected chi connectivity index (χ2v) is 4.94. The standard InChI is InChI=1S/C15H25N/c1-5-7-13(3)11-16-14(4)15-9-6-8-12(2)10-15/h6,8-10,13-14,16H,5,7,11H2,1-4H3/t13?,14-/m1/s1.